The molecule has 3 aromatic rings. The fourth-order valence-electron chi connectivity index (χ4n) is 3.89. The number of aromatic nitrogens is 2. The molecule has 0 radical (unpaired) electrons. The molecule has 0 amide bonds. The molecule has 29 heavy (non-hydrogen) atoms. The number of hydrogen-bond donors (Lipinski definition) is 0. The van der Waals surface area contributed by atoms with Crippen LogP contribution < -0.4 is 9.30 Å². The fourth-order valence-corrected chi connectivity index (χ4v) is 4.19. The lowest BCUT2D eigenvalue weighted by molar-refractivity contribution is -0.690. The van der Waals surface area contributed by atoms with Gasteiger partial charge in [0, 0.05) is 17.5 Å². The molecule has 0 atom stereocenters. The predicted molar refractivity (Wildman–Crippen MR) is 115 cm³/mol. The maximum atomic E-state index is 12.9. The summed E-state index contributed by atoms with van der Waals surface area (Å²) < 4.78 is 9.61. The molecule has 0 N–H and O–H groups in total. The van der Waals surface area contributed by atoms with Gasteiger partial charge < -0.3 is 4.74 Å². The maximum absolute atomic E-state index is 12.9. The molecule has 0 saturated carbocycles. The summed E-state index contributed by atoms with van der Waals surface area (Å²) in [5.74, 6) is 2.01. The number of ether oxygens (including phenoxy) is 1. The van der Waals surface area contributed by atoms with Crippen LogP contribution in [0.5, 0.6) is 5.75 Å². The Hall–Kier alpha value is -2.30. The van der Waals surface area contributed by atoms with Gasteiger partial charge in [-0.15, -0.1) is 0 Å². The van der Waals surface area contributed by atoms with Crippen LogP contribution in [-0.4, -0.2) is 17.5 Å². The van der Waals surface area contributed by atoms with Crippen LogP contribution in [0.15, 0.2) is 48.7 Å². The second-order valence-electron chi connectivity index (χ2n) is 7.30. The Kier molecular flexibility index (Phi) is 5.93. The minimum Gasteiger partial charge on any atom is -0.497 e. The first-order chi connectivity index (χ1) is 14.1. The summed E-state index contributed by atoms with van der Waals surface area (Å²) in [6.07, 6.45) is 6.47. The van der Waals surface area contributed by atoms with Crippen molar-refractivity contribution in [3.05, 3.63) is 70.1 Å². The minimum absolute atomic E-state index is 0.0796. The molecule has 4 rings (SSSR count). The smallest absolute Gasteiger partial charge is 0.257 e. The number of benzene rings is 2. The van der Waals surface area contributed by atoms with E-state index in [2.05, 4.69) is 15.3 Å². The van der Waals surface area contributed by atoms with Crippen LogP contribution in [0.4, 0.5) is 0 Å². The number of halogens is 2. The lowest BCUT2D eigenvalue weighted by Crippen LogP contribution is -2.40. The Morgan fingerprint density at radius 1 is 1.07 bits per heavy atom. The van der Waals surface area contributed by atoms with Gasteiger partial charge in [0.2, 0.25) is 5.78 Å². The molecular weight excluding hydrogens is 407 g/mol. The summed E-state index contributed by atoms with van der Waals surface area (Å²) in [6.45, 7) is 1.25. The molecule has 1 aliphatic heterocycles. The van der Waals surface area contributed by atoms with Gasteiger partial charge in [-0.05, 0) is 61.7 Å². The molecule has 0 saturated heterocycles. The molecule has 6 heteroatoms. The van der Waals surface area contributed by atoms with Crippen molar-refractivity contribution in [1.29, 1.82) is 0 Å². The van der Waals surface area contributed by atoms with Gasteiger partial charge >= 0.3 is 0 Å². The summed E-state index contributed by atoms with van der Waals surface area (Å²) in [7, 11) is 1.62. The number of hydrogen-bond acceptors (Lipinski definition) is 2. The van der Waals surface area contributed by atoms with Crippen LogP contribution in [0, 0.1) is 0 Å². The van der Waals surface area contributed by atoms with Gasteiger partial charge in [-0.3, -0.25) is 4.79 Å². The van der Waals surface area contributed by atoms with E-state index < -0.39 is 0 Å². The first-order valence-electron chi connectivity index (χ1n) is 9.81. The molecular formula is C23H23Cl2N2O2+. The lowest BCUT2D eigenvalue weighted by Gasteiger charge is -2.04. The summed E-state index contributed by atoms with van der Waals surface area (Å²) >= 11 is 12.4. The Morgan fingerprint density at radius 3 is 2.59 bits per heavy atom. The Bertz CT molecular complexity index is 1040. The Labute approximate surface area is 180 Å². The van der Waals surface area contributed by atoms with Gasteiger partial charge in [0.15, 0.2) is 12.2 Å². The Balaban J connectivity index is 1.70. The van der Waals surface area contributed by atoms with Crippen LogP contribution in [-0.2, 0) is 19.5 Å². The summed E-state index contributed by atoms with van der Waals surface area (Å²) in [5.41, 5.74) is 2.77. The van der Waals surface area contributed by atoms with Crippen LogP contribution >= 0.6 is 23.2 Å². The average molecular weight is 430 g/mol. The van der Waals surface area contributed by atoms with Crippen molar-refractivity contribution in [3.63, 3.8) is 0 Å². The first kappa shape index (κ1) is 20.0. The molecule has 0 fully saturated rings. The van der Waals surface area contributed by atoms with E-state index in [1.165, 1.54) is 12.2 Å². The van der Waals surface area contributed by atoms with E-state index in [9.17, 15) is 4.79 Å². The van der Waals surface area contributed by atoms with E-state index in [0.29, 0.717) is 22.2 Å². The standard InChI is InChI=1S/C23H23Cl2N2O2/c1-29-18-9-6-16(7-10-18)22(28)15-26-14-21(17-8-11-19(24)20(25)13-17)27-12-4-2-3-5-23(26)27/h6-11,13-14H,2-5,12,15H2,1H3/q+1. The zero-order chi connectivity index (χ0) is 20.4. The SMILES string of the molecule is COc1ccc(C(=O)C[n+]2cc(-c3ccc(Cl)c(Cl)c3)n3c2CCCCC3)cc1. The number of Topliss-reactive ketones (excluding diaryl/α,β-unsaturated/α-hetero) is 1. The Morgan fingerprint density at radius 2 is 1.86 bits per heavy atom. The number of nitrogens with zero attached hydrogens (tertiary/aromatic N) is 2. The molecule has 4 nitrogen and oxygen atoms in total. The second-order valence-corrected chi connectivity index (χ2v) is 8.12. The van der Waals surface area contributed by atoms with E-state index in [1.54, 1.807) is 7.11 Å². The molecule has 0 spiro atoms. The number of carbonyl (C=O) groups excluding carboxylic acids is 1. The molecule has 0 bridgehead atoms. The van der Waals surface area contributed by atoms with E-state index >= 15 is 0 Å². The number of methoxy groups -OCH3 is 1. The maximum Gasteiger partial charge on any atom is 0.257 e. The van der Waals surface area contributed by atoms with Gasteiger partial charge in [0.05, 0.1) is 23.7 Å². The van der Waals surface area contributed by atoms with E-state index in [-0.39, 0.29) is 5.78 Å². The van der Waals surface area contributed by atoms with Gasteiger partial charge in [-0.1, -0.05) is 23.2 Å². The van der Waals surface area contributed by atoms with Crippen molar-refractivity contribution in [2.45, 2.75) is 38.8 Å². The second kappa shape index (κ2) is 8.60. The molecule has 0 unspecified atom stereocenters. The van der Waals surface area contributed by atoms with Gasteiger partial charge in [-0.25, -0.2) is 9.13 Å². The highest BCUT2D eigenvalue weighted by Gasteiger charge is 2.27. The molecule has 150 valence electrons. The van der Waals surface area contributed by atoms with Crippen molar-refractivity contribution in [2.24, 2.45) is 0 Å². The number of fused-ring (bicyclic) bond motifs is 1. The summed E-state index contributed by atoms with van der Waals surface area (Å²) in [5, 5.41) is 1.08. The monoisotopic (exact) mass is 429 g/mol. The molecule has 0 aliphatic carbocycles. The van der Waals surface area contributed by atoms with Crippen LogP contribution in [0.1, 0.15) is 35.4 Å². The largest absolute Gasteiger partial charge is 0.497 e. The van der Waals surface area contributed by atoms with E-state index in [1.807, 2.05) is 42.5 Å². The predicted octanol–water partition coefficient (Wildman–Crippen LogP) is 5.37. The lowest BCUT2D eigenvalue weighted by atomic mass is 10.1. The highest BCUT2D eigenvalue weighted by Crippen LogP contribution is 2.30. The van der Waals surface area contributed by atoms with E-state index in [0.717, 1.165) is 42.8 Å². The molecule has 1 aliphatic rings. The highest BCUT2D eigenvalue weighted by atomic mass is 35.5. The van der Waals surface area contributed by atoms with Gasteiger partial charge in [0.25, 0.3) is 5.82 Å². The number of rotatable bonds is 5. The molecule has 1 aromatic heterocycles. The number of imidazole rings is 1. The summed E-state index contributed by atoms with van der Waals surface area (Å²) in [6, 6.07) is 13.0. The number of carbonyl (C=O) groups is 1. The van der Waals surface area contributed by atoms with Crippen molar-refractivity contribution in [1.82, 2.24) is 4.57 Å². The third-order valence-electron chi connectivity index (χ3n) is 5.44. The summed E-state index contributed by atoms with van der Waals surface area (Å²) in [4.78, 5) is 12.9. The third-order valence-corrected chi connectivity index (χ3v) is 6.17. The van der Waals surface area contributed by atoms with Crippen molar-refractivity contribution in [2.75, 3.05) is 7.11 Å². The van der Waals surface area contributed by atoms with Crippen molar-refractivity contribution < 1.29 is 14.1 Å². The molecule has 2 aromatic carbocycles. The van der Waals surface area contributed by atoms with Crippen molar-refractivity contribution in [3.8, 4) is 17.0 Å². The highest BCUT2D eigenvalue weighted by molar-refractivity contribution is 6.42. The van der Waals surface area contributed by atoms with Crippen LogP contribution in [0.3, 0.4) is 0 Å². The zero-order valence-electron chi connectivity index (χ0n) is 16.3. The average Bonchev–Trinajstić information content (AvgIpc) is 2.90. The van der Waals surface area contributed by atoms with Gasteiger partial charge in [0.1, 0.15) is 11.9 Å². The molecule has 2 heterocycles. The fraction of sp³-hybridized carbons (Fsp3) is 0.304. The normalized spacial score (nSPS) is 13.6. The topological polar surface area (TPSA) is 35.1 Å². The van der Waals surface area contributed by atoms with Crippen LogP contribution in [0.2, 0.25) is 10.0 Å². The third kappa shape index (κ3) is 4.19. The first-order valence-corrected chi connectivity index (χ1v) is 10.6. The minimum atomic E-state index is 0.0796. The van der Waals surface area contributed by atoms with Crippen LogP contribution in [0.25, 0.3) is 11.3 Å². The van der Waals surface area contributed by atoms with E-state index in [4.69, 9.17) is 27.9 Å². The zero-order valence-corrected chi connectivity index (χ0v) is 17.8. The quantitative estimate of drug-likeness (QED) is 0.403. The van der Waals surface area contributed by atoms with Crippen molar-refractivity contribution >= 4 is 29.0 Å². The number of ketones is 1. The van der Waals surface area contributed by atoms with Gasteiger partial charge in [-0.2, -0.15) is 0 Å².